The molecule has 0 radical (unpaired) electrons. The lowest BCUT2D eigenvalue weighted by Crippen LogP contribution is -2.37. The highest BCUT2D eigenvalue weighted by atomic mass is 17.0. The summed E-state index contributed by atoms with van der Waals surface area (Å²) >= 11 is 0. The monoisotopic (exact) mass is 283 g/mol. The molecule has 20 heavy (non-hydrogen) atoms. The maximum absolute atomic E-state index is 11.9. The number of hydrogen-bond acceptors (Lipinski definition) is 5. The molecule has 0 spiro atoms. The van der Waals surface area contributed by atoms with E-state index in [-0.39, 0.29) is 19.8 Å². The summed E-state index contributed by atoms with van der Waals surface area (Å²) in [6.45, 7) is 5.10. The van der Waals surface area contributed by atoms with Gasteiger partial charge in [-0.1, -0.05) is 30.3 Å². The van der Waals surface area contributed by atoms with E-state index in [2.05, 4.69) is 0 Å². The normalized spacial score (nSPS) is 11.2. The van der Waals surface area contributed by atoms with Crippen molar-refractivity contribution in [2.75, 3.05) is 13.2 Å². The van der Waals surface area contributed by atoms with Crippen LogP contribution in [0.3, 0.4) is 0 Å². The molecule has 0 aliphatic carbocycles. The maximum atomic E-state index is 11.9. The molecule has 6 heteroatoms. The second-order valence-corrected chi connectivity index (χ2v) is 5.05. The van der Waals surface area contributed by atoms with Crippen LogP contribution in [-0.4, -0.2) is 35.2 Å². The fourth-order valence-electron chi connectivity index (χ4n) is 1.27. The third-order valence-corrected chi connectivity index (χ3v) is 2.03. The zero-order valence-corrected chi connectivity index (χ0v) is 12.0. The Morgan fingerprint density at radius 2 is 1.85 bits per heavy atom. The molecule has 0 unspecified atom stereocenters. The molecule has 1 amide bonds. The molecule has 1 aromatic rings. The molecule has 0 bridgehead atoms. The van der Waals surface area contributed by atoms with E-state index >= 15 is 0 Å². The lowest BCUT2D eigenvalue weighted by molar-refractivity contribution is -0.346. The van der Waals surface area contributed by atoms with Gasteiger partial charge < -0.3 is 9.84 Å². The average molecular weight is 283 g/mol. The smallest absolute Gasteiger partial charge is 0.441 e. The molecule has 0 atom stereocenters. The molecule has 0 heterocycles. The third-order valence-electron chi connectivity index (χ3n) is 2.03. The van der Waals surface area contributed by atoms with Crippen LogP contribution in [0.25, 0.3) is 0 Å². The molecule has 0 saturated carbocycles. The quantitative estimate of drug-likeness (QED) is 0.811. The minimum absolute atomic E-state index is 0.0615. The standard InChI is InChI=1S/C14H21NO5/c1-14(2,3)20-13(17)15(18-10-9-16)19-11-12-7-5-4-6-8-12/h4-8,16H,9-11H2,1-3H3. The van der Waals surface area contributed by atoms with E-state index in [0.29, 0.717) is 5.23 Å². The lowest BCUT2D eigenvalue weighted by Gasteiger charge is -2.25. The summed E-state index contributed by atoms with van der Waals surface area (Å²) in [5.74, 6) is 0. The van der Waals surface area contributed by atoms with Gasteiger partial charge in [-0.25, -0.2) is 14.5 Å². The first-order valence-corrected chi connectivity index (χ1v) is 6.36. The summed E-state index contributed by atoms with van der Waals surface area (Å²) in [7, 11) is 0. The molecule has 0 fully saturated rings. The second-order valence-electron chi connectivity index (χ2n) is 5.05. The highest BCUT2D eigenvalue weighted by Gasteiger charge is 2.24. The summed E-state index contributed by atoms with van der Waals surface area (Å²) in [5.41, 5.74) is 0.224. The number of rotatable bonds is 6. The van der Waals surface area contributed by atoms with Crippen molar-refractivity contribution in [3.05, 3.63) is 35.9 Å². The van der Waals surface area contributed by atoms with Crippen molar-refractivity contribution in [2.24, 2.45) is 0 Å². The Morgan fingerprint density at radius 3 is 2.40 bits per heavy atom. The molecule has 1 N–H and O–H groups in total. The topological polar surface area (TPSA) is 68.2 Å². The Hall–Kier alpha value is -1.63. The van der Waals surface area contributed by atoms with Crippen molar-refractivity contribution in [2.45, 2.75) is 33.0 Å². The number of carbonyl (C=O) groups excluding carboxylic acids is 1. The number of aliphatic hydroxyl groups excluding tert-OH is 1. The number of nitrogens with zero attached hydrogens (tertiary/aromatic N) is 1. The molecule has 0 saturated heterocycles. The number of aliphatic hydroxyl groups is 1. The number of benzene rings is 1. The van der Waals surface area contributed by atoms with Gasteiger partial charge in [0, 0.05) is 0 Å². The predicted molar refractivity (Wildman–Crippen MR) is 72.3 cm³/mol. The van der Waals surface area contributed by atoms with E-state index < -0.39 is 11.7 Å². The number of ether oxygens (including phenoxy) is 1. The van der Waals surface area contributed by atoms with Crippen LogP contribution in [0.1, 0.15) is 26.3 Å². The van der Waals surface area contributed by atoms with Gasteiger partial charge in [-0.2, -0.15) is 0 Å². The summed E-state index contributed by atoms with van der Waals surface area (Å²) in [6, 6.07) is 9.34. The minimum atomic E-state index is -0.762. The third kappa shape index (κ3) is 6.51. The van der Waals surface area contributed by atoms with Gasteiger partial charge in [0.2, 0.25) is 0 Å². The molecular weight excluding hydrogens is 262 g/mol. The van der Waals surface area contributed by atoms with Crippen LogP contribution in [0, 0.1) is 0 Å². The molecular formula is C14H21NO5. The van der Waals surface area contributed by atoms with Gasteiger partial charge in [-0.3, -0.25) is 0 Å². The predicted octanol–water partition coefficient (Wildman–Crippen LogP) is 2.28. The Labute approximate surface area is 118 Å². The first-order valence-electron chi connectivity index (χ1n) is 6.36. The van der Waals surface area contributed by atoms with Gasteiger partial charge in [-0.05, 0) is 31.6 Å². The van der Waals surface area contributed by atoms with Crippen molar-refractivity contribution >= 4 is 6.09 Å². The van der Waals surface area contributed by atoms with Crippen molar-refractivity contribution in [3.8, 4) is 0 Å². The van der Waals surface area contributed by atoms with E-state index in [9.17, 15) is 4.79 Å². The molecule has 1 aromatic carbocycles. The largest absolute Gasteiger partial charge is 0.460 e. The maximum Gasteiger partial charge on any atom is 0.460 e. The van der Waals surface area contributed by atoms with Gasteiger partial charge in [0.25, 0.3) is 0 Å². The number of hydrogen-bond donors (Lipinski definition) is 1. The van der Waals surface area contributed by atoms with Crippen LogP contribution in [-0.2, 0) is 21.0 Å². The first kappa shape index (κ1) is 16.4. The Morgan fingerprint density at radius 1 is 1.20 bits per heavy atom. The van der Waals surface area contributed by atoms with E-state index in [0.717, 1.165) is 5.56 Å². The molecule has 0 aromatic heterocycles. The van der Waals surface area contributed by atoms with Crippen LogP contribution in [0.15, 0.2) is 30.3 Å². The van der Waals surface area contributed by atoms with Crippen LogP contribution < -0.4 is 0 Å². The van der Waals surface area contributed by atoms with Crippen molar-refractivity contribution in [1.82, 2.24) is 5.23 Å². The van der Waals surface area contributed by atoms with Gasteiger partial charge in [0.15, 0.2) is 0 Å². The fourth-order valence-corrected chi connectivity index (χ4v) is 1.27. The van der Waals surface area contributed by atoms with Crippen molar-refractivity contribution in [1.29, 1.82) is 0 Å². The van der Waals surface area contributed by atoms with Gasteiger partial charge in [-0.15, -0.1) is 0 Å². The summed E-state index contributed by atoms with van der Waals surface area (Å²) in [5, 5.41) is 9.42. The van der Waals surface area contributed by atoms with Crippen LogP contribution >= 0.6 is 0 Å². The Balaban J connectivity index is 2.57. The highest BCUT2D eigenvalue weighted by molar-refractivity contribution is 5.65. The van der Waals surface area contributed by atoms with Crippen LogP contribution in [0.5, 0.6) is 0 Å². The Kier molecular flexibility index (Phi) is 6.44. The van der Waals surface area contributed by atoms with Crippen molar-refractivity contribution < 1.29 is 24.3 Å². The summed E-state index contributed by atoms with van der Waals surface area (Å²) in [6.07, 6.45) is -0.762. The second kappa shape index (κ2) is 7.84. The van der Waals surface area contributed by atoms with E-state index in [1.807, 2.05) is 30.3 Å². The molecule has 1 rings (SSSR count). The van der Waals surface area contributed by atoms with E-state index in [1.165, 1.54) is 0 Å². The summed E-state index contributed by atoms with van der Waals surface area (Å²) < 4.78 is 5.14. The first-order chi connectivity index (χ1) is 9.42. The minimum Gasteiger partial charge on any atom is -0.441 e. The lowest BCUT2D eigenvalue weighted by atomic mass is 10.2. The highest BCUT2D eigenvalue weighted by Crippen LogP contribution is 2.12. The zero-order chi connectivity index (χ0) is 15.0. The molecule has 0 aliphatic rings. The Bertz CT molecular complexity index is 402. The SMILES string of the molecule is CC(C)(C)OC(=O)N(OCCO)OCc1ccccc1. The molecule has 0 aliphatic heterocycles. The number of carbonyl (C=O) groups is 1. The molecule has 6 nitrogen and oxygen atoms in total. The van der Waals surface area contributed by atoms with Crippen LogP contribution in [0.2, 0.25) is 0 Å². The average Bonchev–Trinajstić information content (AvgIpc) is 2.38. The van der Waals surface area contributed by atoms with E-state index in [4.69, 9.17) is 19.5 Å². The van der Waals surface area contributed by atoms with Crippen molar-refractivity contribution in [3.63, 3.8) is 0 Å². The van der Waals surface area contributed by atoms with Crippen LogP contribution in [0.4, 0.5) is 4.79 Å². The zero-order valence-electron chi connectivity index (χ0n) is 12.0. The number of hydroxylamine groups is 2. The van der Waals surface area contributed by atoms with Gasteiger partial charge in [0.05, 0.1) is 6.61 Å². The number of amides is 1. The van der Waals surface area contributed by atoms with E-state index in [1.54, 1.807) is 20.8 Å². The fraction of sp³-hybridized carbons (Fsp3) is 0.500. The molecule has 112 valence electrons. The van der Waals surface area contributed by atoms with Gasteiger partial charge in [0.1, 0.15) is 18.8 Å². The summed E-state index contributed by atoms with van der Waals surface area (Å²) in [4.78, 5) is 22.1. The van der Waals surface area contributed by atoms with Gasteiger partial charge >= 0.3 is 6.09 Å².